The lowest BCUT2D eigenvalue weighted by Crippen LogP contribution is -2.04. The number of ether oxygens (including phenoxy) is 1. The molecule has 0 N–H and O–H groups in total. The zero-order valence-corrected chi connectivity index (χ0v) is 15.6. The van der Waals surface area contributed by atoms with E-state index in [9.17, 15) is 0 Å². The summed E-state index contributed by atoms with van der Waals surface area (Å²) in [7, 11) is 0. The van der Waals surface area contributed by atoms with E-state index < -0.39 is 0 Å². The molecule has 0 unspecified atom stereocenters. The lowest BCUT2D eigenvalue weighted by atomic mass is 10.0. The summed E-state index contributed by atoms with van der Waals surface area (Å²) in [4.78, 5) is 4.60. The zero-order valence-electron chi connectivity index (χ0n) is 15.6. The van der Waals surface area contributed by atoms with E-state index in [0.717, 1.165) is 62.5 Å². The summed E-state index contributed by atoms with van der Waals surface area (Å²) < 4.78 is 11.3. The van der Waals surface area contributed by atoms with E-state index >= 15 is 0 Å². The van der Waals surface area contributed by atoms with Crippen LogP contribution in [0.25, 0.3) is 0 Å². The lowest BCUT2D eigenvalue weighted by molar-refractivity contribution is 0.299. The molecule has 1 aliphatic rings. The highest BCUT2D eigenvalue weighted by atomic mass is 16.5. The van der Waals surface area contributed by atoms with Crippen LogP contribution in [0.2, 0.25) is 0 Å². The van der Waals surface area contributed by atoms with Crippen molar-refractivity contribution in [2.45, 2.75) is 59.3 Å². The Morgan fingerprint density at radius 2 is 1.84 bits per heavy atom. The van der Waals surface area contributed by atoms with Crippen molar-refractivity contribution in [1.82, 2.24) is 5.16 Å². The van der Waals surface area contributed by atoms with Gasteiger partial charge in [0.2, 0.25) is 0 Å². The van der Waals surface area contributed by atoms with Crippen LogP contribution in [0.1, 0.15) is 60.2 Å². The molecule has 134 valence electrons. The molecule has 0 saturated heterocycles. The average molecular weight is 340 g/mol. The first-order chi connectivity index (χ1) is 12.1. The number of aromatic nitrogens is 1. The minimum atomic E-state index is 0.761. The van der Waals surface area contributed by atoms with Crippen molar-refractivity contribution in [2.24, 2.45) is 4.99 Å². The maximum Gasteiger partial charge on any atom is 0.136 e. The fraction of sp³-hybridized carbons (Fsp3) is 0.524. The van der Waals surface area contributed by atoms with E-state index in [4.69, 9.17) is 9.26 Å². The van der Waals surface area contributed by atoms with Gasteiger partial charge in [-0.05, 0) is 81.7 Å². The van der Waals surface area contributed by atoms with Crippen LogP contribution in [0.5, 0.6) is 5.75 Å². The van der Waals surface area contributed by atoms with E-state index in [1.165, 1.54) is 28.8 Å². The number of aryl methyl sites for hydroxylation is 4. The predicted octanol–water partition coefficient (Wildman–Crippen LogP) is 4.97. The lowest BCUT2D eigenvalue weighted by Gasteiger charge is -2.14. The normalized spacial score (nSPS) is 14.0. The molecule has 0 atom stereocenters. The Balaban J connectivity index is 1.45. The Bertz CT molecular complexity index is 723. The Hall–Kier alpha value is -2.10. The van der Waals surface area contributed by atoms with Crippen molar-refractivity contribution in [3.8, 4) is 5.75 Å². The highest BCUT2D eigenvalue weighted by Crippen LogP contribution is 2.27. The largest absolute Gasteiger partial charge is 0.493 e. The summed E-state index contributed by atoms with van der Waals surface area (Å²) in [5.74, 6) is 2.02. The molecule has 1 aromatic heterocycles. The first kappa shape index (κ1) is 17.7. The predicted molar refractivity (Wildman–Crippen MR) is 101 cm³/mol. The molecule has 0 amide bonds. The summed E-state index contributed by atoms with van der Waals surface area (Å²) in [6.45, 7) is 7.95. The van der Waals surface area contributed by atoms with Crippen LogP contribution in [0, 0.1) is 20.8 Å². The topological polar surface area (TPSA) is 47.6 Å². The van der Waals surface area contributed by atoms with E-state index in [1.807, 2.05) is 13.0 Å². The second-order valence-corrected chi connectivity index (χ2v) is 6.96. The van der Waals surface area contributed by atoms with Crippen molar-refractivity contribution in [1.29, 1.82) is 0 Å². The number of unbranched alkanes of at least 4 members (excludes halogenated alkanes) is 2. The van der Waals surface area contributed by atoms with Crippen LogP contribution < -0.4 is 4.74 Å². The average Bonchev–Trinajstić information content (AvgIpc) is 3.24. The molecule has 0 bridgehead atoms. The highest BCUT2D eigenvalue weighted by Gasteiger charge is 2.13. The monoisotopic (exact) mass is 340 g/mol. The smallest absolute Gasteiger partial charge is 0.136 e. The molecule has 4 heteroatoms. The van der Waals surface area contributed by atoms with Gasteiger partial charge in [0.1, 0.15) is 11.5 Å². The third kappa shape index (κ3) is 4.71. The maximum atomic E-state index is 6.07. The number of aliphatic imine (C=N–C) groups is 1. The molecule has 2 aromatic rings. The van der Waals surface area contributed by atoms with Crippen molar-refractivity contribution in [3.05, 3.63) is 46.3 Å². The van der Waals surface area contributed by atoms with E-state index in [2.05, 4.69) is 36.1 Å². The van der Waals surface area contributed by atoms with Crippen molar-refractivity contribution >= 4 is 5.71 Å². The summed E-state index contributed by atoms with van der Waals surface area (Å²) in [5.41, 5.74) is 5.89. The van der Waals surface area contributed by atoms with Gasteiger partial charge < -0.3 is 9.26 Å². The molecule has 1 aliphatic heterocycles. The van der Waals surface area contributed by atoms with Gasteiger partial charge in [-0.2, -0.15) is 0 Å². The first-order valence-electron chi connectivity index (χ1n) is 9.33. The fourth-order valence-corrected chi connectivity index (χ4v) is 3.41. The molecule has 25 heavy (non-hydrogen) atoms. The summed E-state index contributed by atoms with van der Waals surface area (Å²) in [5, 5.41) is 3.92. The van der Waals surface area contributed by atoms with Crippen LogP contribution in [0.4, 0.5) is 0 Å². The van der Waals surface area contributed by atoms with Gasteiger partial charge >= 0.3 is 0 Å². The molecule has 0 aliphatic carbocycles. The molecule has 0 saturated carbocycles. The minimum absolute atomic E-state index is 0.761. The molecule has 4 nitrogen and oxygen atoms in total. The van der Waals surface area contributed by atoms with Crippen LogP contribution in [0.15, 0.2) is 27.7 Å². The zero-order chi connectivity index (χ0) is 17.6. The second-order valence-electron chi connectivity index (χ2n) is 6.96. The Kier molecular flexibility index (Phi) is 5.90. The Morgan fingerprint density at radius 1 is 1.04 bits per heavy atom. The summed E-state index contributed by atoms with van der Waals surface area (Å²) in [6.07, 6.45) is 6.53. The van der Waals surface area contributed by atoms with Gasteiger partial charge in [-0.1, -0.05) is 5.16 Å². The van der Waals surface area contributed by atoms with E-state index in [0.29, 0.717) is 0 Å². The first-order valence-corrected chi connectivity index (χ1v) is 9.33. The number of hydrogen-bond acceptors (Lipinski definition) is 4. The molecule has 0 fully saturated rings. The van der Waals surface area contributed by atoms with Crippen LogP contribution in [-0.4, -0.2) is 24.0 Å². The van der Waals surface area contributed by atoms with Crippen molar-refractivity contribution < 1.29 is 9.26 Å². The number of hydrogen-bond donors (Lipinski definition) is 0. The quantitative estimate of drug-likeness (QED) is 0.637. The van der Waals surface area contributed by atoms with Gasteiger partial charge in [-0.3, -0.25) is 4.99 Å². The van der Waals surface area contributed by atoms with E-state index in [-0.39, 0.29) is 0 Å². The Labute approximate surface area is 150 Å². The van der Waals surface area contributed by atoms with Crippen LogP contribution in [-0.2, 0) is 6.42 Å². The van der Waals surface area contributed by atoms with Gasteiger partial charge in [-0.25, -0.2) is 0 Å². The SMILES string of the molecule is Cc1cc(CCCCCOc2c(C)cc(C3=NCCC3)cc2C)on1. The summed E-state index contributed by atoms with van der Waals surface area (Å²) in [6, 6.07) is 6.46. The number of nitrogens with zero attached hydrogens (tertiary/aromatic N) is 2. The maximum absolute atomic E-state index is 6.07. The van der Waals surface area contributed by atoms with Gasteiger partial charge in [0.05, 0.1) is 12.3 Å². The van der Waals surface area contributed by atoms with Gasteiger partial charge in [0, 0.05) is 24.7 Å². The molecule has 0 radical (unpaired) electrons. The molecule has 1 aromatic carbocycles. The second kappa shape index (κ2) is 8.32. The number of benzene rings is 1. The van der Waals surface area contributed by atoms with Crippen LogP contribution >= 0.6 is 0 Å². The van der Waals surface area contributed by atoms with Gasteiger partial charge in [0.25, 0.3) is 0 Å². The molecule has 0 spiro atoms. The molecular formula is C21H28N2O2. The van der Waals surface area contributed by atoms with Crippen molar-refractivity contribution in [2.75, 3.05) is 13.2 Å². The summed E-state index contributed by atoms with van der Waals surface area (Å²) >= 11 is 0. The molecule has 3 rings (SSSR count). The van der Waals surface area contributed by atoms with E-state index in [1.54, 1.807) is 0 Å². The molecule has 2 heterocycles. The van der Waals surface area contributed by atoms with Gasteiger partial charge in [-0.15, -0.1) is 0 Å². The fourth-order valence-electron chi connectivity index (χ4n) is 3.41. The van der Waals surface area contributed by atoms with Gasteiger partial charge in [0.15, 0.2) is 0 Å². The highest BCUT2D eigenvalue weighted by molar-refractivity contribution is 6.02. The third-order valence-electron chi connectivity index (χ3n) is 4.66. The minimum Gasteiger partial charge on any atom is -0.493 e. The standard InChI is InChI=1S/C21H28N2O2/c1-15-12-18(20-9-7-10-22-20)13-16(2)21(15)24-11-6-4-5-8-19-14-17(3)23-25-19/h12-14H,4-11H2,1-3H3. The van der Waals surface area contributed by atoms with Crippen molar-refractivity contribution in [3.63, 3.8) is 0 Å². The number of rotatable bonds is 8. The third-order valence-corrected chi connectivity index (χ3v) is 4.66. The molecular weight excluding hydrogens is 312 g/mol. The van der Waals surface area contributed by atoms with Crippen LogP contribution in [0.3, 0.4) is 0 Å². The Morgan fingerprint density at radius 3 is 2.48 bits per heavy atom.